The van der Waals surface area contributed by atoms with Crippen LogP contribution >= 0.6 is 27.3 Å². The van der Waals surface area contributed by atoms with Crippen LogP contribution in [-0.4, -0.2) is 20.5 Å². The fourth-order valence-corrected chi connectivity index (χ4v) is 2.85. The van der Waals surface area contributed by atoms with E-state index in [0.717, 1.165) is 15.7 Å². The molecule has 2 aromatic heterocycles. The summed E-state index contributed by atoms with van der Waals surface area (Å²) in [6, 6.07) is 5.74. The van der Waals surface area contributed by atoms with E-state index in [9.17, 15) is 4.79 Å². The van der Waals surface area contributed by atoms with Crippen molar-refractivity contribution in [3.8, 4) is 0 Å². The maximum atomic E-state index is 12.1. The van der Waals surface area contributed by atoms with Gasteiger partial charge in [-0.3, -0.25) is 4.79 Å². The lowest BCUT2D eigenvalue weighted by Gasteiger charge is -2.06. The summed E-state index contributed by atoms with van der Waals surface area (Å²) < 4.78 is 2.43. The number of nitrogens with one attached hydrogen (secondary N) is 1. The Bertz CT molecular complexity index is 736. The Morgan fingerprint density at radius 3 is 3.05 bits per heavy atom. The van der Waals surface area contributed by atoms with Gasteiger partial charge in [-0.2, -0.15) is 5.10 Å². The van der Waals surface area contributed by atoms with Gasteiger partial charge in [0.2, 0.25) is 4.96 Å². The van der Waals surface area contributed by atoms with E-state index in [-0.39, 0.29) is 5.91 Å². The lowest BCUT2D eigenvalue weighted by atomic mass is 10.2. The highest BCUT2D eigenvalue weighted by molar-refractivity contribution is 9.10. The van der Waals surface area contributed by atoms with E-state index in [0.29, 0.717) is 10.7 Å². The number of rotatable bonds is 2. The Kier molecular flexibility index (Phi) is 3.08. The second kappa shape index (κ2) is 4.75. The average Bonchev–Trinajstić information content (AvgIpc) is 2.93. The van der Waals surface area contributed by atoms with Crippen LogP contribution in [0.25, 0.3) is 4.96 Å². The molecule has 96 valence electrons. The molecule has 0 unspecified atom stereocenters. The highest BCUT2D eigenvalue weighted by Crippen LogP contribution is 2.24. The maximum absolute atomic E-state index is 12.1. The van der Waals surface area contributed by atoms with E-state index >= 15 is 0 Å². The second-order valence-corrected chi connectivity index (χ2v) is 5.70. The molecule has 0 fully saturated rings. The van der Waals surface area contributed by atoms with Gasteiger partial charge in [0.1, 0.15) is 11.2 Å². The molecule has 0 radical (unpaired) electrons. The molecular weight excluding hydrogens is 328 g/mol. The summed E-state index contributed by atoms with van der Waals surface area (Å²) in [4.78, 5) is 17.0. The summed E-state index contributed by atoms with van der Waals surface area (Å²) >= 11 is 4.81. The van der Waals surface area contributed by atoms with Gasteiger partial charge in [-0.1, -0.05) is 17.4 Å². The van der Waals surface area contributed by atoms with Gasteiger partial charge in [-0.25, -0.2) is 9.50 Å². The third-order valence-electron chi connectivity index (χ3n) is 2.59. The molecule has 0 spiro atoms. The molecule has 1 N–H and O–H groups in total. The molecule has 0 saturated heterocycles. The molecule has 2 heterocycles. The molecule has 1 aromatic carbocycles. The monoisotopic (exact) mass is 336 g/mol. The van der Waals surface area contributed by atoms with E-state index in [1.54, 1.807) is 16.2 Å². The summed E-state index contributed by atoms with van der Waals surface area (Å²) in [5.74, 6) is -0.248. The smallest absolute Gasteiger partial charge is 0.276 e. The van der Waals surface area contributed by atoms with Crippen molar-refractivity contribution >= 4 is 43.8 Å². The number of carbonyl (C=O) groups excluding carboxylic acids is 1. The van der Waals surface area contributed by atoms with Crippen molar-refractivity contribution in [3.63, 3.8) is 0 Å². The predicted molar refractivity (Wildman–Crippen MR) is 77.7 cm³/mol. The van der Waals surface area contributed by atoms with Gasteiger partial charge in [0, 0.05) is 4.47 Å². The molecule has 0 bridgehead atoms. The number of hydrogen-bond donors (Lipinski definition) is 1. The number of carbonyl (C=O) groups is 1. The fraction of sp³-hybridized carbons (Fsp3) is 0.0833. The van der Waals surface area contributed by atoms with Gasteiger partial charge in [0.15, 0.2) is 0 Å². The van der Waals surface area contributed by atoms with Crippen LogP contribution < -0.4 is 5.32 Å². The lowest BCUT2D eigenvalue weighted by molar-refractivity contribution is 0.102. The van der Waals surface area contributed by atoms with Crippen molar-refractivity contribution in [2.75, 3.05) is 5.32 Å². The minimum absolute atomic E-state index is 0.248. The third kappa shape index (κ3) is 2.39. The molecule has 5 nitrogen and oxygen atoms in total. The van der Waals surface area contributed by atoms with Crippen LogP contribution in [0.4, 0.5) is 5.69 Å². The topological polar surface area (TPSA) is 59.3 Å². The first-order valence-electron chi connectivity index (χ1n) is 5.50. The van der Waals surface area contributed by atoms with Gasteiger partial charge >= 0.3 is 0 Å². The normalized spacial score (nSPS) is 10.8. The molecule has 0 atom stereocenters. The largest absolute Gasteiger partial charge is 0.320 e. The van der Waals surface area contributed by atoms with Crippen LogP contribution in [-0.2, 0) is 0 Å². The van der Waals surface area contributed by atoms with Crippen LogP contribution in [0.15, 0.2) is 34.4 Å². The number of aryl methyl sites for hydroxylation is 1. The number of benzene rings is 1. The second-order valence-electron chi connectivity index (χ2n) is 4.03. The molecule has 0 aliphatic carbocycles. The molecule has 7 heteroatoms. The van der Waals surface area contributed by atoms with Gasteiger partial charge in [-0.15, -0.1) is 0 Å². The molecule has 19 heavy (non-hydrogen) atoms. The maximum Gasteiger partial charge on any atom is 0.276 e. The van der Waals surface area contributed by atoms with E-state index in [1.807, 2.05) is 25.1 Å². The van der Waals surface area contributed by atoms with Crippen molar-refractivity contribution in [3.05, 3.63) is 45.6 Å². The number of imidazole rings is 1. The molecular formula is C12H9BrN4OS. The third-order valence-corrected chi connectivity index (χ3v) is 3.94. The number of halogens is 1. The summed E-state index contributed by atoms with van der Waals surface area (Å²) in [5, 5.41) is 6.86. The number of aromatic nitrogens is 3. The number of amides is 1. The van der Waals surface area contributed by atoms with Crippen molar-refractivity contribution < 1.29 is 4.79 Å². The molecule has 3 rings (SSSR count). The van der Waals surface area contributed by atoms with E-state index < -0.39 is 0 Å². The summed E-state index contributed by atoms with van der Waals surface area (Å²) in [7, 11) is 0. The van der Waals surface area contributed by atoms with Crippen LogP contribution in [0.2, 0.25) is 0 Å². The standard InChI is InChI=1S/C12H9BrN4OS/c1-7-2-3-9(8(13)4-7)15-11(18)10-5-17-12(16-10)19-6-14-17/h2-6H,1H3,(H,15,18). The van der Waals surface area contributed by atoms with Crippen LogP contribution in [0.3, 0.4) is 0 Å². The molecule has 0 saturated carbocycles. The van der Waals surface area contributed by atoms with Crippen molar-refractivity contribution in [1.82, 2.24) is 14.6 Å². The molecule has 0 aliphatic rings. The minimum Gasteiger partial charge on any atom is -0.320 e. The first kappa shape index (κ1) is 12.3. The highest BCUT2D eigenvalue weighted by Gasteiger charge is 2.13. The lowest BCUT2D eigenvalue weighted by Crippen LogP contribution is -2.12. The summed E-state index contributed by atoms with van der Waals surface area (Å²) in [5.41, 5.74) is 3.88. The Balaban J connectivity index is 1.86. The van der Waals surface area contributed by atoms with Crippen LogP contribution in [0.1, 0.15) is 16.1 Å². The first-order chi connectivity index (χ1) is 9.13. The predicted octanol–water partition coefficient (Wildman–Crippen LogP) is 3.11. The van der Waals surface area contributed by atoms with E-state index in [4.69, 9.17) is 0 Å². The van der Waals surface area contributed by atoms with Crippen LogP contribution in [0, 0.1) is 6.92 Å². The van der Waals surface area contributed by atoms with Crippen molar-refractivity contribution in [2.24, 2.45) is 0 Å². The summed E-state index contributed by atoms with van der Waals surface area (Å²) in [6.07, 6.45) is 1.61. The SMILES string of the molecule is Cc1ccc(NC(=O)c2cn3ncsc3n2)c(Br)c1. The Morgan fingerprint density at radius 1 is 1.47 bits per heavy atom. The zero-order chi connectivity index (χ0) is 13.4. The van der Waals surface area contributed by atoms with E-state index in [1.165, 1.54) is 11.3 Å². The fourth-order valence-electron chi connectivity index (χ4n) is 1.66. The Labute approximate surface area is 121 Å². The van der Waals surface area contributed by atoms with Crippen LogP contribution in [0.5, 0.6) is 0 Å². The Hall–Kier alpha value is -1.73. The number of hydrogen-bond acceptors (Lipinski definition) is 4. The molecule has 3 aromatic rings. The van der Waals surface area contributed by atoms with Gasteiger partial charge < -0.3 is 5.32 Å². The highest BCUT2D eigenvalue weighted by atomic mass is 79.9. The van der Waals surface area contributed by atoms with Crippen molar-refractivity contribution in [1.29, 1.82) is 0 Å². The van der Waals surface area contributed by atoms with Crippen molar-refractivity contribution in [2.45, 2.75) is 6.92 Å². The minimum atomic E-state index is -0.248. The first-order valence-corrected chi connectivity index (χ1v) is 7.17. The molecule has 0 aliphatic heterocycles. The zero-order valence-corrected chi connectivity index (χ0v) is 12.3. The average molecular weight is 337 g/mol. The quantitative estimate of drug-likeness (QED) is 0.782. The summed E-state index contributed by atoms with van der Waals surface area (Å²) in [6.45, 7) is 1.99. The molecule has 1 amide bonds. The number of fused-ring (bicyclic) bond motifs is 1. The van der Waals surface area contributed by atoms with Gasteiger partial charge in [0.05, 0.1) is 11.9 Å². The van der Waals surface area contributed by atoms with Gasteiger partial charge in [0.25, 0.3) is 5.91 Å². The van der Waals surface area contributed by atoms with E-state index in [2.05, 4.69) is 31.3 Å². The van der Waals surface area contributed by atoms with Gasteiger partial charge in [-0.05, 0) is 40.5 Å². The Morgan fingerprint density at radius 2 is 2.32 bits per heavy atom. The zero-order valence-electron chi connectivity index (χ0n) is 9.92. The number of anilines is 1. The number of nitrogens with zero attached hydrogens (tertiary/aromatic N) is 3.